The van der Waals surface area contributed by atoms with Crippen molar-refractivity contribution in [1.29, 1.82) is 0 Å². The van der Waals surface area contributed by atoms with Crippen molar-refractivity contribution in [2.24, 2.45) is 11.8 Å². The molecule has 0 radical (unpaired) electrons. The van der Waals surface area contributed by atoms with E-state index in [4.69, 9.17) is 4.74 Å². The summed E-state index contributed by atoms with van der Waals surface area (Å²) >= 11 is 0. The molecule has 2 atom stereocenters. The predicted octanol–water partition coefficient (Wildman–Crippen LogP) is 2.53. The number of carbonyl (C=O) groups excluding carboxylic acids is 2. The Morgan fingerprint density at radius 2 is 2.13 bits per heavy atom. The highest BCUT2D eigenvalue weighted by atomic mass is 16.5. The average molecular weight is 316 g/mol. The lowest BCUT2D eigenvalue weighted by atomic mass is 10.1. The normalized spacial score (nSPS) is 22.5. The van der Waals surface area contributed by atoms with E-state index in [-0.39, 0.29) is 23.8 Å². The summed E-state index contributed by atoms with van der Waals surface area (Å²) in [4.78, 5) is 26.7. The summed E-state index contributed by atoms with van der Waals surface area (Å²) in [5.41, 5.74) is 1.30. The smallest absolute Gasteiger partial charge is 0.254 e. The van der Waals surface area contributed by atoms with Crippen molar-refractivity contribution in [2.75, 3.05) is 25.1 Å². The molecule has 1 aliphatic carbocycles. The SMILES string of the molecule is CC(C(=O)Nc1cccc(C(=O)N2CCOCC2C)c1)C1CC1. The molecule has 2 fully saturated rings. The average Bonchev–Trinajstić information content (AvgIpc) is 3.39. The molecule has 2 amide bonds. The van der Waals surface area contributed by atoms with Gasteiger partial charge in [0, 0.05) is 23.7 Å². The Morgan fingerprint density at radius 1 is 1.35 bits per heavy atom. The molecule has 0 spiro atoms. The molecule has 5 nitrogen and oxygen atoms in total. The van der Waals surface area contributed by atoms with Crippen LogP contribution in [0, 0.1) is 11.8 Å². The molecule has 1 saturated heterocycles. The van der Waals surface area contributed by atoms with Crippen molar-refractivity contribution in [3.8, 4) is 0 Å². The number of carbonyl (C=O) groups is 2. The van der Waals surface area contributed by atoms with Gasteiger partial charge in [0.05, 0.1) is 19.3 Å². The largest absolute Gasteiger partial charge is 0.377 e. The van der Waals surface area contributed by atoms with E-state index in [1.54, 1.807) is 12.1 Å². The van der Waals surface area contributed by atoms with Crippen LogP contribution in [0.5, 0.6) is 0 Å². The molecule has 1 N–H and O–H groups in total. The molecule has 1 aromatic rings. The molecule has 1 aromatic carbocycles. The van der Waals surface area contributed by atoms with Crippen molar-refractivity contribution in [1.82, 2.24) is 4.90 Å². The molecule has 0 aromatic heterocycles. The van der Waals surface area contributed by atoms with Gasteiger partial charge >= 0.3 is 0 Å². The fourth-order valence-electron chi connectivity index (χ4n) is 2.99. The second kappa shape index (κ2) is 6.71. The number of rotatable bonds is 4. The highest BCUT2D eigenvalue weighted by Crippen LogP contribution is 2.37. The van der Waals surface area contributed by atoms with Crippen LogP contribution < -0.4 is 5.32 Å². The van der Waals surface area contributed by atoms with Crippen LogP contribution in [0.1, 0.15) is 37.0 Å². The van der Waals surface area contributed by atoms with Gasteiger partial charge < -0.3 is 15.0 Å². The Balaban J connectivity index is 1.69. The van der Waals surface area contributed by atoms with E-state index in [0.29, 0.717) is 36.9 Å². The van der Waals surface area contributed by atoms with E-state index in [9.17, 15) is 9.59 Å². The second-order valence-corrected chi connectivity index (χ2v) is 6.62. The Kier molecular flexibility index (Phi) is 4.66. The van der Waals surface area contributed by atoms with Crippen LogP contribution in [0.4, 0.5) is 5.69 Å². The van der Waals surface area contributed by atoms with Crippen LogP contribution >= 0.6 is 0 Å². The molecule has 1 aliphatic heterocycles. The van der Waals surface area contributed by atoms with E-state index in [2.05, 4.69) is 5.32 Å². The van der Waals surface area contributed by atoms with Crippen molar-refractivity contribution < 1.29 is 14.3 Å². The van der Waals surface area contributed by atoms with Gasteiger partial charge in [-0.3, -0.25) is 9.59 Å². The minimum absolute atomic E-state index is 0.00728. The zero-order valence-electron chi connectivity index (χ0n) is 13.7. The first kappa shape index (κ1) is 16.0. The van der Waals surface area contributed by atoms with E-state index < -0.39 is 0 Å². The van der Waals surface area contributed by atoms with Crippen molar-refractivity contribution in [2.45, 2.75) is 32.7 Å². The molecule has 2 aliphatic rings. The van der Waals surface area contributed by atoms with Gasteiger partial charge in [0.1, 0.15) is 0 Å². The second-order valence-electron chi connectivity index (χ2n) is 6.62. The zero-order chi connectivity index (χ0) is 16.4. The van der Waals surface area contributed by atoms with Gasteiger partial charge in [-0.05, 0) is 43.9 Å². The highest BCUT2D eigenvalue weighted by molar-refractivity contribution is 5.98. The summed E-state index contributed by atoms with van der Waals surface area (Å²) in [5, 5.41) is 2.94. The molecule has 124 valence electrons. The molecule has 0 bridgehead atoms. The molecule has 5 heteroatoms. The van der Waals surface area contributed by atoms with Gasteiger partial charge in [-0.2, -0.15) is 0 Å². The maximum absolute atomic E-state index is 12.7. The van der Waals surface area contributed by atoms with Gasteiger partial charge in [-0.15, -0.1) is 0 Å². The maximum atomic E-state index is 12.7. The Labute approximate surface area is 137 Å². The minimum atomic E-state index is -0.00728. The van der Waals surface area contributed by atoms with E-state index in [0.717, 1.165) is 12.8 Å². The third-order valence-corrected chi connectivity index (χ3v) is 4.75. The summed E-state index contributed by atoms with van der Waals surface area (Å²) in [6.45, 7) is 5.71. The number of hydrogen-bond acceptors (Lipinski definition) is 3. The number of hydrogen-bond donors (Lipinski definition) is 1. The number of benzene rings is 1. The van der Waals surface area contributed by atoms with Crippen LogP contribution in [-0.2, 0) is 9.53 Å². The van der Waals surface area contributed by atoms with Crippen molar-refractivity contribution >= 4 is 17.5 Å². The minimum Gasteiger partial charge on any atom is -0.377 e. The summed E-state index contributed by atoms with van der Waals surface area (Å²) < 4.78 is 5.38. The highest BCUT2D eigenvalue weighted by Gasteiger charge is 2.32. The Morgan fingerprint density at radius 3 is 2.83 bits per heavy atom. The first-order valence-electron chi connectivity index (χ1n) is 8.36. The number of anilines is 1. The fourth-order valence-corrected chi connectivity index (χ4v) is 2.99. The Hall–Kier alpha value is -1.88. The molecule has 1 saturated carbocycles. The van der Waals surface area contributed by atoms with E-state index in [1.807, 2.05) is 30.9 Å². The number of nitrogens with zero attached hydrogens (tertiary/aromatic N) is 1. The van der Waals surface area contributed by atoms with Crippen LogP contribution in [0.25, 0.3) is 0 Å². The molecular weight excluding hydrogens is 292 g/mol. The van der Waals surface area contributed by atoms with Crippen LogP contribution in [0.15, 0.2) is 24.3 Å². The number of amides is 2. The summed E-state index contributed by atoms with van der Waals surface area (Å²) in [6.07, 6.45) is 2.28. The lowest BCUT2D eigenvalue weighted by Crippen LogP contribution is -2.47. The molecule has 3 rings (SSSR count). The first-order chi connectivity index (χ1) is 11.1. The summed E-state index contributed by atoms with van der Waals surface area (Å²) in [6, 6.07) is 7.28. The molecule has 2 unspecified atom stereocenters. The number of nitrogens with one attached hydrogen (secondary N) is 1. The topological polar surface area (TPSA) is 58.6 Å². The maximum Gasteiger partial charge on any atom is 0.254 e. The van der Waals surface area contributed by atoms with Crippen molar-refractivity contribution in [3.05, 3.63) is 29.8 Å². The number of morpholine rings is 1. The van der Waals surface area contributed by atoms with Gasteiger partial charge in [-0.1, -0.05) is 13.0 Å². The quantitative estimate of drug-likeness (QED) is 0.928. The van der Waals surface area contributed by atoms with Crippen molar-refractivity contribution in [3.63, 3.8) is 0 Å². The van der Waals surface area contributed by atoms with Gasteiger partial charge in [-0.25, -0.2) is 0 Å². The zero-order valence-corrected chi connectivity index (χ0v) is 13.7. The predicted molar refractivity (Wildman–Crippen MR) is 88.3 cm³/mol. The van der Waals surface area contributed by atoms with Gasteiger partial charge in [0.25, 0.3) is 5.91 Å². The lowest BCUT2D eigenvalue weighted by molar-refractivity contribution is -0.119. The summed E-state index contributed by atoms with van der Waals surface area (Å²) in [5.74, 6) is 0.589. The lowest BCUT2D eigenvalue weighted by Gasteiger charge is -2.33. The monoisotopic (exact) mass is 316 g/mol. The standard InChI is InChI=1S/C18H24N2O3/c1-12-11-23-9-8-20(12)18(22)15-4-3-5-16(10-15)19-17(21)13(2)14-6-7-14/h3-5,10,12-14H,6-9,11H2,1-2H3,(H,19,21). The fraction of sp³-hybridized carbons (Fsp3) is 0.556. The Bertz CT molecular complexity index is 598. The summed E-state index contributed by atoms with van der Waals surface area (Å²) in [7, 11) is 0. The molecule has 23 heavy (non-hydrogen) atoms. The third kappa shape index (κ3) is 3.72. The van der Waals surface area contributed by atoms with Gasteiger partial charge in [0.2, 0.25) is 5.91 Å². The first-order valence-corrected chi connectivity index (χ1v) is 8.36. The van der Waals surface area contributed by atoms with E-state index in [1.165, 1.54) is 0 Å². The van der Waals surface area contributed by atoms with Crippen LogP contribution in [-0.4, -0.2) is 42.5 Å². The van der Waals surface area contributed by atoms with Crippen LogP contribution in [0.3, 0.4) is 0 Å². The van der Waals surface area contributed by atoms with E-state index >= 15 is 0 Å². The molecular formula is C18H24N2O3. The van der Waals surface area contributed by atoms with Gasteiger partial charge in [0.15, 0.2) is 0 Å². The van der Waals surface area contributed by atoms with Crippen LogP contribution in [0.2, 0.25) is 0 Å². The molecule has 1 heterocycles. The number of ether oxygens (including phenoxy) is 1. The third-order valence-electron chi connectivity index (χ3n) is 4.75.